The quantitative estimate of drug-likeness (QED) is 0.577. The van der Waals surface area contributed by atoms with Crippen molar-refractivity contribution >= 4 is 23.8 Å². The van der Waals surface area contributed by atoms with Gasteiger partial charge in [-0.3, -0.25) is 19.3 Å². The van der Waals surface area contributed by atoms with Gasteiger partial charge in [-0.15, -0.1) is 0 Å². The van der Waals surface area contributed by atoms with Crippen LogP contribution in [0.25, 0.3) is 0 Å². The molecule has 0 aromatic heterocycles. The van der Waals surface area contributed by atoms with Crippen LogP contribution in [0.1, 0.15) is 56.0 Å². The van der Waals surface area contributed by atoms with Crippen molar-refractivity contribution in [2.75, 3.05) is 6.54 Å². The van der Waals surface area contributed by atoms with Crippen LogP contribution in [0.15, 0.2) is 24.3 Å². The Balaban J connectivity index is 1.63. The van der Waals surface area contributed by atoms with Crippen molar-refractivity contribution in [1.29, 1.82) is 0 Å². The minimum atomic E-state index is -0.950. The van der Waals surface area contributed by atoms with E-state index in [1.54, 1.807) is 18.2 Å². The topological polar surface area (TPSA) is 119 Å². The average molecular weight is 401 g/mol. The molecule has 1 saturated heterocycles. The number of primary amides is 1. The van der Waals surface area contributed by atoms with Crippen molar-refractivity contribution in [3.05, 3.63) is 35.4 Å². The van der Waals surface area contributed by atoms with E-state index in [0.29, 0.717) is 24.0 Å². The van der Waals surface area contributed by atoms with Gasteiger partial charge in [0.2, 0.25) is 5.91 Å². The van der Waals surface area contributed by atoms with Gasteiger partial charge in [-0.2, -0.15) is 0 Å². The third kappa shape index (κ3) is 4.41. The van der Waals surface area contributed by atoms with Gasteiger partial charge in [0.25, 0.3) is 5.91 Å². The molecule has 1 saturated carbocycles. The van der Waals surface area contributed by atoms with Crippen LogP contribution in [-0.4, -0.2) is 40.8 Å². The van der Waals surface area contributed by atoms with E-state index in [-0.39, 0.29) is 23.8 Å². The lowest BCUT2D eigenvalue weighted by Gasteiger charge is -2.43. The second-order valence-corrected chi connectivity index (χ2v) is 8.98. The molecule has 156 valence electrons. The third-order valence-electron chi connectivity index (χ3n) is 5.52. The van der Waals surface area contributed by atoms with E-state index in [0.717, 1.165) is 11.3 Å². The molecule has 1 aromatic carbocycles. The molecular weight excluding hydrogens is 374 g/mol. The summed E-state index contributed by atoms with van der Waals surface area (Å²) in [6, 6.07) is 5.86. The van der Waals surface area contributed by atoms with Crippen LogP contribution < -0.4 is 11.1 Å². The lowest BCUT2D eigenvalue weighted by molar-refractivity contribution is -0.149. The zero-order valence-electron chi connectivity index (χ0n) is 17.0. The number of imide groups is 1. The van der Waals surface area contributed by atoms with E-state index in [1.165, 1.54) is 6.07 Å². The highest BCUT2D eigenvalue weighted by Gasteiger charge is 2.56. The number of amides is 4. The summed E-state index contributed by atoms with van der Waals surface area (Å²) < 4.78 is 5.19. The molecule has 2 aliphatic rings. The standard InChI is InChI=1S/C21H27N3O5/c1-13-8-20(2,3)12-21(9-13)18(27)24(19(28)23-21)10-16(25)29-11-14-5-4-6-15(7-14)17(22)26/h4-7,13H,8-12H2,1-3H3,(H2,22,26)(H,23,28). The van der Waals surface area contributed by atoms with Crippen LogP contribution in [0.3, 0.4) is 0 Å². The molecule has 3 N–H and O–H groups in total. The molecule has 2 unspecified atom stereocenters. The van der Waals surface area contributed by atoms with Crippen LogP contribution in [0.5, 0.6) is 0 Å². The van der Waals surface area contributed by atoms with E-state index in [2.05, 4.69) is 26.1 Å². The molecule has 2 fully saturated rings. The molecule has 0 bridgehead atoms. The van der Waals surface area contributed by atoms with Gasteiger partial charge < -0.3 is 15.8 Å². The molecule has 8 heteroatoms. The summed E-state index contributed by atoms with van der Waals surface area (Å²) in [6.45, 7) is 5.71. The summed E-state index contributed by atoms with van der Waals surface area (Å²) >= 11 is 0. The van der Waals surface area contributed by atoms with Crippen molar-refractivity contribution in [1.82, 2.24) is 10.2 Å². The first-order valence-electron chi connectivity index (χ1n) is 9.70. The first-order valence-corrected chi connectivity index (χ1v) is 9.70. The van der Waals surface area contributed by atoms with Gasteiger partial charge in [-0.25, -0.2) is 4.79 Å². The van der Waals surface area contributed by atoms with Gasteiger partial charge in [0.05, 0.1) is 0 Å². The number of urea groups is 1. The number of esters is 1. The van der Waals surface area contributed by atoms with Gasteiger partial charge in [0.15, 0.2) is 0 Å². The summed E-state index contributed by atoms with van der Waals surface area (Å²) in [7, 11) is 0. The Morgan fingerprint density at radius 1 is 1.28 bits per heavy atom. The monoisotopic (exact) mass is 401 g/mol. The Morgan fingerprint density at radius 2 is 2.00 bits per heavy atom. The smallest absolute Gasteiger partial charge is 0.326 e. The number of rotatable bonds is 5. The van der Waals surface area contributed by atoms with Gasteiger partial charge in [0, 0.05) is 5.56 Å². The first-order chi connectivity index (χ1) is 13.5. The lowest BCUT2D eigenvalue weighted by atomic mass is 9.64. The lowest BCUT2D eigenvalue weighted by Crippen LogP contribution is -2.54. The molecule has 1 aromatic rings. The number of benzene rings is 1. The fraction of sp³-hybridized carbons (Fsp3) is 0.524. The Morgan fingerprint density at radius 3 is 2.66 bits per heavy atom. The molecule has 2 atom stereocenters. The molecular formula is C21H27N3O5. The minimum absolute atomic E-state index is 0.0808. The van der Waals surface area contributed by atoms with Crippen LogP contribution >= 0.6 is 0 Å². The Bertz CT molecular complexity index is 866. The van der Waals surface area contributed by atoms with E-state index >= 15 is 0 Å². The number of carbonyl (C=O) groups excluding carboxylic acids is 4. The van der Waals surface area contributed by atoms with E-state index in [4.69, 9.17) is 10.5 Å². The zero-order valence-corrected chi connectivity index (χ0v) is 17.0. The Labute approximate surface area is 169 Å². The predicted molar refractivity (Wildman–Crippen MR) is 105 cm³/mol. The predicted octanol–water partition coefficient (Wildman–Crippen LogP) is 1.97. The molecule has 8 nitrogen and oxygen atoms in total. The molecule has 1 heterocycles. The van der Waals surface area contributed by atoms with Crippen molar-refractivity contribution in [2.24, 2.45) is 17.1 Å². The number of nitrogens with one attached hydrogen (secondary N) is 1. The number of ether oxygens (including phenoxy) is 1. The number of hydrogen-bond donors (Lipinski definition) is 2. The highest BCUT2D eigenvalue weighted by atomic mass is 16.5. The van der Waals surface area contributed by atoms with Crippen LogP contribution in [-0.2, 0) is 20.9 Å². The highest BCUT2D eigenvalue weighted by Crippen LogP contribution is 2.46. The summed E-state index contributed by atoms with van der Waals surface area (Å²) in [6.07, 6.45) is 2.08. The zero-order chi connectivity index (χ0) is 21.4. The normalized spacial score (nSPS) is 25.8. The molecule has 3 rings (SSSR count). The maximum absolute atomic E-state index is 13.0. The molecule has 1 spiro atoms. The molecule has 1 aliphatic heterocycles. The maximum Gasteiger partial charge on any atom is 0.326 e. The molecule has 1 aliphatic carbocycles. The van der Waals surface area contributed by atoms with E-state index in [9.17, 15) is 19.2 Å². The molecule has 0 radical (unpaired) electrons. The SMILES string of the molecule is CC1CC(C)(C)CC2(C1)NC(=O)N(CC(=O)OCc1cccc(C(N)=O)c1)C2=O. The summed E-state index contributed by atoms with van der Waals surface area (Å²) in [5.74, 6) is -1.35. The summed E-state index contributed by atoms with van der Waals surface area (Å²) in [5.41, 5.74) is 5.11. The number of hydrogen-bond acceptors (Lipinski definition) is 5. The Hall–Kier alpha value is -2.90. The van der Waals surface area contributed by atoms with Gasteiger partial charge in [0.1, 0.15) is 18.7 Å². The summed E-state index contributed by atoms with van der Waals surface area (Å²) in [4.78, 5) is 49.9. The third-order valence-corrected chi connectivity index (χ3v) is 5.52. The van der Waals surface area contributed by atoms with Gasteiger partial charge in [-0.05, 0) is 48.3 Å². The minimum Gasteiger partial charge on any atom is -0.459 e. The van der Waals surface area contributed by atoms with Crippen LogP contribution in [0, 0.1) is 11.3 Å². The van der Waals surface area contributed by atoms with Gasteiger partial charge in [-0.1, -0.05) is 32.9 Å². The molecule has 29 heavy (non-hydrogen) atoms. The highest BCUT2D eigenvalue weighted by molar-refractivity contribution is 6.08. The van der Waals surface area contributed by atoms with Crippen molar-refractivity contribution in [3.8, 4) is 0 Å². The van der Waals surface area contributed by atoms with Gasteiger partial charge >= 0.3 is 12.0 Å². The maximum atomic E-state index is 13.0. The fourth-order valence-corrected chi connectivity index (χ4v) is 4.80. The van der Waals surface area contributed by atoms with Crippen molar-refractivity contribution in [3.63, 3.8) is 0 Å². The van der Waals surface area contributed by atoms with E-state index in [1.807, 2.05) is 0 Å². The van der Waals surface area contributed by atoms with Crippen LogP contribution in [0.2, 0.25) is 0 Å². The number of nitrogens with zero attached hydrogens (tertiary/aromatic N) is 1. The Kier molecular flexibility index (Phi) is 5.38. The largest absolute Gasteiger partial charge is 0.459 e. The number of nitrogens with two attached hydrogens (primary N) is 1. The van der Waals surface area contributed by atoms with Crippen LogP contribution in [0.4, 0.5) is 4.79 Å². The fourth-order valence-electron chi connectivity index (χ4n) is 4.80. The second-order valence-electron chi connectivity index (χ2n) is 8.98. The molecule has 4 amide bonds. The van der Waals surface area contributed by atoms with E-state index < -0.39 is 30.0 Å². The second kappa shape index (κ2) is 7.50. The van der Waals surface area contributed by atoms with Crippen molar-refractivity contribution < 1.29 is 23.9 Å². The van der Waals surface area contributed by atoms with Crippen molar-refractivity contribution in [2.45, 2.75) is 52.2 Å². The summed E-state index contributed by atoms with van der Waals surface area (Å²) in [5, 5.41) is 2.83. The first kappa shape index (κ1) is 20.8. The average Bonchev–Trinajstić information content (AvgIpc) is 2.82. The number of carbonyl (C=O) groups is 4.